The summed E-state index contributed by atoms with van der Waals surface area (Å²) in [4.78, 5) is 11.6. The third kappa shape index (κ3) is 4.51. The van der Waals surface area contributed by atoms with Crippen LogP contribution < -0.4 is 11.5 Å². The van der Waals surface area contributed by atoms with Gasteiger partial charge in [0.2, 0.25) is 11.9 Å². The lowest BCUT2D eigenvalue weighted by Crippen LogP contribution is -2.06. The number of nitrogen functional groups attached to an aromatic ring is 2. The number of nitrogens with two attached hydrogens (primary N) is 2. The molecule has 0 aliphatic heterocycles. The van der Waals surface area contributed by atoms with Crippen LogP contribution in [0.4, 0.5) is 11.9 Å². The van der Waals surface area contributed by atoms with Crippen LogP contribution in [0.5, 0.6) is 0 Å². The van der Waals surface area contributed by atoms with Gasteiger partial charge in [-0.2, -0.15) is 26.7 Å². The Morgan fingerprint density at radius 2 is 1.87 bits per heavy atom. The largest absolute Gasteiger partial charge is 0.368 e. The van der Waals surface area contributed by atoms with Gasteiger partial charge in [0, 0.05) is 12.2 Å². The van der Waals surface area contributed by atoms with Crippen molar-refractivity contribution in [2.75, 3.05) is 17.2 Å². The molecule has 1 rings (SSSR count). The quantitative estimate of drug-likeness (QED) is 0.576. The third-order valence-electron chi connectivity index (χ3n) is 1.50. The summed E-state index contributed by atoms with van der Waals surface area (Å²) in [5, 5.41) is 0. The van der Waals surface area contributed by atoms with Gasteiger partial charge in [0.15, 0.2) is 0 Å². The molecule has 1 aromatic rings. The predicted molar refractivity (Wildman–Crippen MR) is 62.9 cm³/mol. The molecule has 1 heterocycles. The Hall–Kier alpha value is -1.48. The number of thioether (sulfide) groups is 1. The Bertz CT molecular complexity index is 362. The Morgan fingerprint density at radius 3 is 2.47 bits per heavy atom. The van der Waals surface area contributed by atoms with Crippen molar-refractivity contribution >= 4 is 23.7 Å². The number of rotatable bonds is 4. The summed E-state index contributed by atoms with van der Waals surface area (Å²) < 4.78 is 0. The molecule has 0 aromatic carbocycles. The Morgan fingerprint density at radius 1 is 1.20 bits per heavy atom. The summed E-state index contributed by atoms with van der Waals surface area (Å²) >= 11 is 1.70. The van der Waals surface area contributed by atoms with Gasteiger partial charge in [-0.05, 0) is 6.92 Å². The second-order valence-corrected chi connectivity index (χ2v) is 3.80. The number of hydrogen-bond acceptors (Lipinski definition) is 6. The standard InChI is InChI=1S/C9H13N5S/c1-2-3-4-5-15-6-7-12-8(10)14-9(11)13-7/h4-6H2,1H3,(H4,10,11,12,13,14). The van der Waals surface area contributed by atoms with E-state index in [1.54, 1.807) is 11.8 Å². The minimum absolute atomic E-state index is 0.173. The van der Waals surface area contributed by atoms with Crippen molar-refractivity contribution in [3.8, 4) is 11.8 Å². The van der Waals surface area contributed by atoms with E-state index in [0.29, 0.717) is 11.6 Å². The first-order valence-electron chi connectivity index (χ1n) is 4.45. The Labute approximate surface area is 93.1 Å². The zero-order valence-corrected chi connectivity index (χ0v) is 9.34. The highest BCUT2D eigenvalue weighted by atomic mass is 32.2. The van der Waals surface area contributed by atoms with Crippen molar-refractivity contribution in [2.24, 2.45) is 0 Å². The van der Waals surface area contributed by atoms with Gasteiger partial charge in [0.25, 0.3) is 0 Å². The predicted octanol–water partition coefficient (Wildman–Crippen LogP) is 0.683. The monoisotopic (exact) mass is 223 g/mol. The third-order valence-corrected chi connectivity index (χ3v) is 2.45. The topological polar surface area (TPSA) is 90.7 Å². The maximum atomic E-state index is 5.44. The van der Waals surface area contributed by atoms with Crippen molar-refractivity contribution in [1.82, 2.24) is 15.0 Å². The average Bonchev–Trinajstić information content (AvgIpc) is 2.16. The van der Waals surface area contributed by atoms with Crippen LogP contribution in [0.15, 0.2) is 0 Å². The van der Waals surface area contributed by atoms with Crippen LogP contribution in [-0.4, -0.2) is 20.7 Å². The molecule has 0 atom stereocenters. The molecule has 0 spiro atoms. The summed E-state index contributed by atoms with van der Waals surface area (Å²) in [5.74, 6) is 8.42. The van der Waals surface area contributed by atoms with E-state index in [4.69, 9.17) is 11.5 Å². The van der Waals surface area contributed by atoms with Gasteiger partial charge in [-0.3, -0.25) is 0 Å². The van der Waals surface area contributed by atoms with Crippen LogP contribution in [-0.2, 0) is 5.75 Å². The van der Waals surface area contributed by atoms with Crippen molar-refractivity contribution in [2.45, 2.75) is 19.1 Å². The fraction of sp³-hybridized carbons (Fsp3) is 0.444. The first-order chi connectivity index (χ1) is 7.22. The normalized spacial score (nSPS) is 9.40. The molecule has 4 N–H and O–H groups in total. The molecule has 0 saturated carbocycles. The van der Waals surface area contributed by atoms with E-state index >= 15 is 0 Å². The molecule has 0 radical (unpaired) electrons. The van der Waals surface area contributed by atoms with Crippen molar-refractivity contribution < 1.29 is 0 Å². The SMILES string of the molecule is CC#CCCSCc1nc(N)nc(N)n1. The highest BCUT2D eigenvalue weighted by Gasteiger charge is 2.01. The highest BCUT2D eigenvalue weighted by Crippen LogP contribution is 2.10. The van der Waals surface area contributed by atoms with E-state index in [1.807, 2.05) is 6.92 Å². The van der Waals surface area contributed by atoms with Crippen molar-refractivity contribution in [3.05, 3.63) is 5.82 Å². The molecular weight excluding hydrogens is 210 g/mol. The van der Waals surface area contributed by atoms with Gasteiger partial charge >= 0.3 is 0 Å². The first-order valence-corrected chi connectivity index (χ1v) is 5.61. The van der Waals surface area contributed by atoms with Crippen LogP contribution in [0.2, 0.25) is 0 Å². The van der Waals surface area contributed by atoms with Crippen LogP contribution in [0.1, 0.15) is 19.2 Å². The molecule has 15 heavy (non-hydrogen) atoms. The van der Waals surface area contributed by atoms with E-state index in [9.17, 15) is 0 Å². The van der Waals surface area contributed by atoms with Crippen LogP contribution in [0, 0.1) is 11.8 Å². The van der Waals surface area contributed by atoms with Gasteiger partial charge in [-0.1, -0.05) is 0 Å². The van der Waals surface area contributed by atoms with Crippen LogP contribution in [0.3, 0.4) is 0 Å². The summed E-state index contributed by atoms with van der Waals surface area (Å²) in [5.41, 5.74) is 10.9. The van der Waals surface area contributed by atoms with E-state index < -0.39 is 0 Å². The van der Waals surface area contributed by atoms with E-state index in [1.165, 1.54) is 0 Å². The molecule has 80 valence electrons. The molecule has 0 unspecified atom stereocenters. The summed E-state index contributed by atoms with van der Waals surface area (Å²) in [7, 11) is 0. The van der Waals surface area contributed by atoms with Gasteiger partial charge in [0.05, 0.1) is 5.75 Å². The molecule has 0 fully saturated rings. The van der Waals surface area contributed by atoms with Gasteiger partial charge in [0.1, 0.15) is 5.82 Å². The molecule has 6 heteroatoms. The van der Waals surface area contributed by atoms with Crippen molar-refractivity contribution in [1.29, 1.82) is 0 Å². The number of aromatic nitrogens is 3. The first kappa shape index (κ1) is 11.6. The van der Waals surface area contributed by atoms with Gasteiger partial charge < -0.3 is 11.5 Å². The minimum atomic E-state index is 0.173. The second kappa shape index (κ2) is 6.09. The smallest absolute Gasteiger partial charge is 0.225 e. The van der Waals surface area contributed by atoms with Crippen LogP contribution in [0.25, 0.3) is 0 Å². The summed E-state index contributed by atoms with van der Waals surface area (Å²) in [6, 6.07) is 0. The number of nitrogens with zero attached hydrogens (tertiary/aromatic N) is 3. The van der Waals surface area contributed by atoms with E-state index in [2.05, 4.69) is 26.8 Å². The highest BCUT2D eigenvalue weighted by molar-refractivity contribution is 7.98. The van der Waals surface area contributed by atoms with Gasteiger partial charge in [-0.25, -0.2) is 0 Å². The number of hydrogen-bond donors (Lipinski definition) is 2. The second-order valence-electron chi connectivity index (χ2n) is 2.70. The number of anilines is 2. The fourth-order valence-corrected chi connectivity index (χ4v) is 1.64. The molecule has 0 saturated heterocycles. The summed E-state index contributed by atoms with van der Waals surface area (Å²) in [6.07, 6.45) is 0.872. The maximum Gasteiger partial charge on any atom is 0.225 e. The molecule has 5 nitrogen and oxygen atoms in total. The Balaban J connectivity index is 2.39. The average molecular weight is 223 g/mol. The molecule has 0 aliphatic carbocycles. The minimum Gasteiger partial charge on any atom is -0.368 e. The maximum absolute atomic E-state index is 5.44. The molecular formula is C9H13N5S. The lowest BCUT2D eigenvalue weighted by atomic mass is 10.5. The lowest BCUT2D eigenvalue weighted by molar-refractivity contribution is 0.987. The lowest BCUT2D eigenvalue weighted by Gasteiger charge is -2.00. The van der Waals surface area contributed by atoms with Crippen molar-refractivity contribution in [3.63, 3.8) is 0 Å². The fourth-order valence-electron chi connectivity index (χ4n) is 0.933. The molecule has 1 aromatic heterocycles. The van der Waals surface area contributed by atoms with Crippen LogP contribution >= 0.6 is 11.8 Å². The zero-order chi connectivity index (χ0) is 11.1. The Kier molecular flexibility index (Phi) is 4.71. The zero-order valence-electron chi connectivity index (χ0n) is 8.53. The van der Waals surface area contributed by atoms with Gasteiger partial charge in [-0.15, -0.1) is 11.8 Å². The molecule has 0 aliphatic rings. The molecule has 0 bridgehead atoms. The summed E-state index contributed by atoms with van der Waals surface area (Å²) in [6.45, 7) is 1.83. The van der Waals surface area contributed by atoms with E-state index in [-0.39, 0.29) is 11.9 Å². The van der Waals surface area contributed by atoms with E-state index in [0.717, 1.165) is 12.2 Å². The molecule has 0 amide bonds.